The summed E-state index contributed by atoms with van der Waals surface area (Å²) in [5.41, 5.74) is 1.52. The van der Waals surface area contributed by atoms with Gasteiger partial charge in [-0.1, -0.05) is 11.6 Å². The van der Waals surface area contributed by atoms with Gasteiger partial charge in [0.1, 0.15) is 5.75 Å². The number of carbonyl (C=O) groups is 1. The van der Waals surface area contributed by atoms with E-state index in [2.05, 4.69) is 5.32 Å². The molecule has 0 aliphatic rings. The highest BCUT2D eigenvalue weighted by atomic mass is 35.5. The molecule has 0 aliphatic carbocycles. The highest BCUT2D eigenvalue weighted by molar-refractivity contribution is 6.32. The number of halogens is 1. The molecule has 0 saturated heterocycles. The zero-order valence-electron chi connectivity index (χ0n) is 9.76. The zero-order chi connectivity index (χ0) is 12.1. The summed E-state index contributed by atoms with van der Waals surface area (Å²) >= 11 is 6.03. The van der Waals surface area contributed by atoms with E-state index in [9.17, 15) is 4.79 Å². The molecule has 0 aliphatic heterocycles. The number of likely N-dealkylation sites (N-methyl/N-ethyl adjacent to an activating group) is 1. The van der Waals surface area contributed by atoms with Crippen molar-refractivity contribution in [1.29, 1.82) is 0 Å². The molecule has 0 aromatic heterocycles. The molecule has 1 aromatic carbocycles. The molecule has 16 heavy (non-hydrogen) atoms. The van der Waals surface area contributed by atoms with Gasteiger partial charge in [-0.2, -0.15) is 0 Å². The van der Waals surface area contributed by atoms with E-state index in [0.29, 0.717) is 29.5 Å². The molecule has 0 bridgehead atoms. The monoisotopic (exact) mass is 241 g/mol. The van der Waals surface area contributed by atoms with Crippen LogP contribution in [0.15, 0.2) is 12.1 Å². The lowest BCUT2D eigenvalue weighted by atomic mass is 10.0. The Bertz CT molecular complexity index is 391. The maximum absolute atomic E-state index is 11.7. The fourth-order valence-corrected chi connectivity index (χ4v) is 1.70. The summed E-state index contributed by atoms with van der Waals surface area (Å²) in [6.07, 6.45) is 0. The number of ketones is 1. The number of nitrogens with one attached hydrogen (secondary N) is 1. The van der Waals surface area contributed by atoms with Crippen LogP contribution >= 0.6 is 11.6 Å². The van der Waals surface area contributed by atoms with Gasteiger partial charge in [0.05, 0.1) is 18.2 Å². The summed E-state index contributed by atoms with van der Waals surface area (Å²) in [4.78, 5) is 11.7. The van der Waals surface area contributed by atoms with Crippen LogP contribution in [0, 0.1) is 6.92 Å². The second kappa shape index (κ2) is 5.87. The third-order valence-corrected chi connectivity index (χ3v) is 2.51. The van der Waals surface area contributed by atoms with E-state index in [1.54, 1.807) is 19.2 Å². The van der Waals surface area contributed by atoms with Crippen molar-refractivity contribution in [2.75, 3.05) is 20.2 Å². The number of rotatable bonds is 5. The molecule has 1 aromatic rings. The standard InChI is InChI=1S/C12H16ClNO2/c1-4-16-12-5-8(2)9(6-10(12)13)11(15)7-14-3/h5-6,14H,4,7H2,1-3H3. The number of aryl methyl sites for hydroxylation is 1. The summed E-state index contributed by atoms with van der Waals surface area (Å²) in [6.45, 7) is 4.64. The van der Waals surface area contributed by atoms with Crippen LogP contribution in [0.5, 0.6) is 5.75 Å². The van der Waals surface area contributed by atoms with Crippen molar-refractivity contribution in [3.63, 3.8) is 0 Å². The lowest BCUT2D eigenvalue weighted by molar-refractivity contribution is 0.0993. The van der Waals surface area contributed by atoms with E-state index in [1.165, 1.54) is 0 Å². The second-order valence-corrected chi connectivity index (χ2v) is 3.89. The molecule has 1 N–H and O–H groups in total. The third-order valence-electron chi connectivity index (χ3n) is 2.22. The van der Waals surface area contributed by atoms with Crippen molar-refractivity contribution in [2.45, 2.75) is 13.8 Å². The van der Waals surface area contributed by atoms with Gasteiger partial charge < -0.3 is 10.1 Å². The summed E-state index contributed by atoms with van der Waals surface area (Å²) < 4.78 is 5.35. The first-order valence-electron chi connectivity index (χ1n) is 5.20. The normalized spacial score (nSPS) is 10.2. The highest BCUT2D eigenvalue weighted by Crippen LogP contribution is 2.28. The minimum absolute atomic E-state index is 0.0324. The van der Waals surface area contributed by atoms with Crippen LogP contribution in [0.2, 0.25) is 5.02 Å². The average molecular weight is 242 g/mol. The Morgan fingerprint density at radius 1 is 1.50 bits per heavy atom. The van der Waals surface area contributed by atoms with Gasteiger partial charge in [-0.15, -0.1) is 0 Å². The minimum Gasteiger partial charge on any atom is -0.492 e. The van der Waals surface area contributed by atoms with Gasteiger partial charge >= 0.3 is 0 Å². The van der Waals surface area contributed by atoms with E-state index < -0.39 is 0 Å². The van der Waals surface area contributed by atoms with E-state index in [-0.39, 0.29) is 5.78 Å². The average Bonchev–Trinajstić information content (AvgIpc) is 2.23. The number of hydrogen-bond donors (Lipinski definition) is 1. The summed E-state index contributed by atoms with van der Waals surface area (Å²) in [7, 11) is 1.74. The molecule has 0 amide bonds. The molecule has 0 saturated carbocycles. The third kappa shape index (κ3) is 2.97. The molecule has 0 atom stereocenters. The van der Waals surface area contributed by atoms with Gasteiger partial charge in [-0.05, 0) is 38.6 Å². The maximum atomic E-state index is 11.7. The molecule has 3 nitrogen and oxygen atoms in total. The number of carbonyl (C=O) groups excluding carboxylic acids is 1. The largest absolute Gasteiger partial charge is 0.492 e. The van der Waals surface area contributed by atoms with Gasteiger partial charge in [-0.25, -0.2) is 0 Å². The molecule has 1 rings (SSSR count). The van der Waals surface area contributed by atoms with Crippen molar-refractivity contribution in [2.24, 2.45) is 0 Å². The first-order chi connectivity index (χ1) is 7.60. The number of benzene rings is 1. The summed E-state index contributed by atoms with van der Waals surface area (Å²) in [5.74, 6) is 0.660. The van der Waals surface area contributed by atoms with E-state index in [1.807, 2.05) is 13.8 Å². The summed E-state index contributed by atoms with van der Waals surface area (Å²) in [5, 5.41) is 3.31. The first-order valence-corrected chi connectivity index (χ1v) is 5.58. The van der Waals surface area contributed by atoms with Gasteiger partial charge in [0, 0.05) is 5.56 Å². The van der Waals surface area contributed by atoms with Crippen LogP contribution in [0.4, 0.5) is 0 Å². The molecular formula is C12H16ClNO2. The Balaban J connectivity index is 3.05. The van der Waals surface area contributed by atoms with Gasteiger partial charge in [0.15, 0.2) is 5.78 Å². The molecule has 0 radical (unpaired) electrons. The van der Waals surface area contributed by atoms with Gasteiger partial charge in [0.2, 0.25) is 0 Å². The molecule has 0 fully saturated rings. The van der Waals surface area contributed by atoms with E-state index in [4.69, 9.17) is 16.3 Å². The number of ether oxygens (including phenoxy) is 1. The van der Waals surface area contributed by atoms with Crippen LogP contribution < -0.4 is 10.1 Å². The zero-order valence-corrected chi connectivity index (χ0v) is 10.5. The van der Waals surface area contributed by atoms with Gasteiger partial charge in [0.25, 0.3) is 0 Å². The highest BCUT2D eigenvalue weighted by Gasteiger charge is 2.12. The second-order valence-electron chi connectivity index (χ2n) is 3.48. The van der Waals surface area contributed by atoms with Crippen LogP contribution in [-0.2, 0) is 0 Å². The topological polar surface area (TPSA) is 38.3 Å². The smallest absolute Gasteiger partial charge is 0.176 e. The van der Waals surface area contributed by atoms with Gasteiger partial charge in [-0.3, -0.25) is 4.79 Å². The molecular weight excluding hydrogens is 226 g/mol. The van der Waals surface area contributed by atoms with Crippen LogP contribution in [0.3, 0.4) is 0 Å². The molecule has 88 valence electrons. The quantitative estimate of drug-likeness (QED) is 0.805. The van der Waals surface area contributed by atoms with Crippen molar-refractivity contribution >= 4 is 17.4 Å². The molecule has 0 spiro atoms. The maximum Gasteiger partial charge on any atom is 0.176 e. The first kappa shape index (κ1) is 13.0. The predicted molar refractivity (Wildman–Crippen MR) is 65.6 cm³/mol. The SMILES string of the molecule is CCOc1cc(C)c(C(=O)CNC)cc1Cl. The Morgan fingerprint density at radius 3 is 2.75 bits per heavy atom. The lowest BCUT2D eigenvalue weighted by Gasteiger charge is -2.10. The molecule has 0 unspecified atom stereocenters. The number of Topliss-reactive ketones (excluding diaryl/α,β-unsaturated/α-hetero) is 1. The Morgan fingerprint density at radius 2 is 2.19 bits per heavy atom. The van der Waals surface area contributed by atoms with Crippen molar-refractivity contribution in [3.05, 3.63) is 28.3 Å². The Labute approximate surface area is 101 Å². The summed E-state index contributed by atoms with van der Waals surface area (Å²) in [6, 6.07) is 3.47. The predicted octanol–water partition coefficient (Wildman–Crippen LogP) is 2.45. The van der Waals surface area contributed by atoms with Crippen molar-refractivity contribution in [1.82, 2.24) is 5.32 Å². The fraction of sp³-hybridized carbons (Fsp3) is 0.417. The fourth-order valence-electron chi connectivity index (χ4n) is 1.48. The van der Waals surface area contributed by atoms with Crippen LogP contribution in [0.25, 0.3) is 0 Å². The molecule has 4 heteroatoms. The van der Waals surface area contributed by atoms with Crippen molar-refractivity contribution in [3.8, 4) is 5.75 Å². The Hall–Kier alpha value is -1.06. The van der Waals surface area contributed by atoms with Crippen molar-refractivity contribution < 1.29 is 9.53 Å². The van der Waals surface area contributed by atoms with E-state index >= 15 is 0 Å². The lowest BCUT2D eigenvalue weighted by Crippen LogP contribution is -2.19. The minimum atomic E-state index is 0.0324. The van der Waals surface area contributed by atoms with Crippen LogP contribution in [-0.4, -0.2) is 26.0 Å². The number of hydrogen-bond acceptors (Lipinski definition) is 3. The Kier molecular flexibility index (Phi) is 4.77. The van der Waals surface area contributed by atoms with Crippen LogP contribution in [0.1, 0.15) is 22.8 Å². The molecule has 0 heterocycles. The van der Waals surface area contributed by atoms with E-state index in [0.717, 1.165) is 5.56 Å².